The number of hydrogen-bond donors (Lipinski definition) is 3. The summed E-state index contributed by atoms with van der Waals surface area (Å²) in [5.74, 6) is -0.281. The van der Waals surface area contributed by atoms with Crippen LogP contribution in [0.2, 0.25) is 0 Å². The number of ether oxygens (including phenoxy) is 1. The molecule has 238 valence electrons. The van der Waals surface area contributed by atoms with E-state index in [2.05, 4.69) is 31.4 Å². The Hall–Kier alpha value is 0.01000. The van der Waals surface area contributed by atoms with Crippen LogP contribution in [0.5, 0.6) is 0 Å². The number of imidazole rings is 1. The Morgan fingerprint density at radius 1 is 0.977 bits per heavy atom. The molecular weight excluding hydrogens is 611 g/mol. The van der Waals surface area contributed by atoms with Gasteiger partial charge in [-0.05, 0) is 18.7 Å². The van der Waals surface area contributed by atoms with Gasteiger partial charge in [0.1, 0.15) is 24.6 Å². The van der Waals surface area contributed by atoms with Gasteiger partial charge in [-0.1, -0.05) is 96.8 Å². The number of phosphoric ester groups is 1. The van der Waals surface area contributed by atoms with E-state index < -0.39 is 39.0 Å². The molecule has 3 N–H and O–H groups in total. The van der Waals surface area contributed by atoms with Gasteiger partial charge in [-0.25, -0.2) is 19.9 Å². The maximum absolute atomic E-state index is 12.5. The summed E-state index contributed by atoms with van der Waals surface area (Å²) in [6, 6.07) is 0. The number of rotatable bonds is 21. The number of aliphatic imine (C=N–C) groups is 1. The number of fused-ring (bicyclic) bond motifs is 1. The standard InChI is InChI=1S/C28H48N5O8P.2Na/c1-2-3-4-5-6-7-8-9-10-11-12-13-14-15-16-17-22(35)32-26-23-27(30-19-29-26)33(20-31-23)28-25(41-42(37,38)39)24(36)21(18-34)40-28;;/h19-21,24-25,28,34,36H,2-18H2,1H3,(H2,37,38,39)(H,29,30,32,35);;/q;2*+1/p-2/t21-,24-,25-,28-;;/m1../s1. The Morgan fingerprint density at radius 2 is 1.52 bits per heavy atom. The third-order valence-electron chi connectivity index (χ3n) is 7.59. The summed E-state index contributed by atoms with van der Waals surface area (Å²) in [4.78, 5) is 37.0. The van der Waals surface area contributed by atoms with Crippen LogP contribution in [-0.4, -0.2) is 65.4 Å². The molecule has 0 bridgehead atoms. The van der Waals surface area contributed by atoms with Crippen molar-refractivity contribution in [3.8, 4) is 0 Å². The van der Waals surface area contributed by atoms with Crippen molar-refractivity contribution < 1.29 is 98.0 Å². The molecule has 0 aromatic carbocycles. The minimum Gasteiger partial charge on any atom is -0.862 e. The summed E-state index contributed by atoms with van der Waals surface area (Å²) in [5, 5.41) is 32.3. The van der Waals surface area contributed by atoms with E-state index >= 15 is 0 Å². The van der Waals surface area contributed by atoms with Crippen LogP contribution in [0.15, 0.2) is 17.6 Å². The van der Waals surface area contributed by atoms with Gasteiger partial charge in [0, 0.05) is 0 Å². The van der Waals surface area contributed by atoms with Crippen LogP contribution in [0.4, 0.5) is 5.82 Å². The summed E-state index contributed by atoms with van der Waals surface area (Å²) >= 11 is 0. The second kappa shape index (κ2) is 22.6. The van der Waals surface area contributed by atoms with Gasteiger partial charge in [0.25, 0.3) is 7.82 Å². The van der Waals surface area contributed by atoms with E-state index in [1.807, 2.05) is 0 Å². The van der Waals surface area contributed by atoms with Gasteiger partial charge >= 0.3 is 59.1 Å². The number of aliphatic hydroxyl groups excluding tert-OH is 2. The molecule has 16 heteroatoms. The van der Waals surface area contributed by atoms with Crippen molar-refractivity contribution in [1.29, 1.82) is 0 Å². The van der Waals surface area contributed by atoms with E-state index in [1.165, 1.54) is 94.3 Å². The fourth-order valence-corrected chi connectivity index (χ4v) is 5.83. The molecule has 44 heavy (non-hydrogen) atoms. The number of unbranched alkanes of at least 4 members (excludes halogenated alkanes) is 14. The normalized spacial score (nSPS) is 21.6. The molecule has 0 saturated carbocycles. The van der Waals surface area contributed by atoms with Gasteiger partial charge in [0.15, 0.2) is 23.2 Å². The minimum absolute atomic E-state index is 0. The Bertz CT molecular complexity index is 1150. The average molecular weight is 658 g/mol. The molecule has 1 saturated heterocycles. The van der Waals surface area contributed by atoms with Crippen molar-refractivity contribution in [3.63, 3.8) is 0 Å². The van der Waals surface area contributed by atoms with E-state index in [0.29, 0.717) is 0 Å². The molecular formula is C28H46N5Na2O8P. The zero-order valence-electron chi connectivity index (χ0n) is 26.6. The Labute approximate surface area is 304 Å². The van der Waals surface area contributed by atoms with Crippen LogP contribution in [-0.2, 0) is 13.8 Å². The quantitative estimate of drug-likeness (QED) is 0.0425. The SMILES string of the molecule is CCCCCCCCCCCCCCCCCC([O-])=Nc1ncnc2c1ncn2[C@@H]1O[C@H](CO)[C@@H](O)[C@H]1OP(=O)([O-])O.[Na+].[Na+]. The monoisotopic (exact) mass is 657 g/mol. The van der Waals surface area contributed by atoms with Gasteiger partial charge in [-0.15, -0.1) is 0 Å². The molecule has 1 unspecified atom stereocenters. The van der Waals surface area contributed by atoms with Gasteiger partial charge in [-0.3, -0.25) is 9.13 Å². The topological polar surface area (TPSA) is 198 Å². The molecule has 0 spiro atoms. The molecule has 1 aliphatic heterocycles. The molecule has 13 nitrogen and oxygen atoms in total. The van der Waals surface area contributed by atoms with Crippen molar-refractivity contribution in [2.75, 3.05) is 6.61 Å². The first-order valence-electron chi connectivity index (χ1n) is 15.3. The zero-order valence-corrected chi connectivity index (χ0v) is 31.4. The van der Waals surface area contributed by atoms with Crippen molar-refractivity contribution in [2.24, 2.45) is 4.99 Å². The van der Waals surface area contributed by atoms with Gasteiger partial charge < -0.3 is 34.4 Å². The smallest absolute Gasteiger partial charge is 0.862 e. The van der Waals surface area contributed by atoms with Crippen molar-refractivity contribution >= 4 is 30.7 Å². The van der Waals surface area contributed by atoms with Crippen LogP contribution in [0.1, 0.15) is 116 Å². The molecule has 2 aromatic heterocycles. The maximum Gasteiger partial charge on any atom is 1.00 e. The van der Waals surface area contributed by atoms with Crippen LogP contribution in [0.3, 0.4) is 0 Å². The number of hydrogen-bond acceptors (Lipinski definition) is 11. The summed E-state index contributed by atoms with van der Waals surface area (Å²) in [6.45, 7) is 1.62. The molecule has 5 atom stereocenters. The first-order chi connectivity index (χ1) is 20.2. The van der Waals surface area contributed by atoms with E-state index in [1.54, 1.807) is 0 Å². The maximum atomic E-state index is 12.5. The van der Waals surface area contributed by atoms with Gasteiger partial charge in [0.05, 0.1) is 12.9 Å². The first-order valence-corrected chi connectivity index (χ1v) is 16.8. The Morgan fingerprint density at radius 3 is 2.05 bits per heavy atom. The van der Waals surface area contributed by atoms with Gasteiger partial charge in [-0.2, -0.15) is 0 Å². The molecule has 3 heterocycles. The average Bonchev–Trinajstić information content (AvgIpc) is 3.51. The molecule has 0 radical (unpaired) electrons. The summed E-state index contributed by atoms with van der Waals surface area (Å²) < 4.78 is 22.8. The summed E-state index contributed by atoms with van der Waals surface area (Å²) in [6.07, 6.45) is 15.7. The molecule has 2 aromatic rings. The molecule has 1 aliphatic rings. The van der Waals surface area contributed by atoms with Gasteiger partial charge in [0.2, 0.25) is 0 Å². The van der Waals surface area contributed by atoms with Crippen LogP contribution >= 0.6 is 7.82 Å². The number of nitrogens with zero attached hydrogens (tertiary/aromatic N) is 5. The Balaban J connectivity index is 0.00000484. The minimum atomic E-state index is -5.25. The second-order valence-corrected chi connectivity index (χ2v) is 12.2. The predicted molar refractivity (Wildman–Crippen MR) is 154 cm³/mol. The fraction of sp³-hybridized carbons (Fsp3) is 0.786. The van der Waals surface area contributed by atoms with E-state index in [-0.39, 0.29) is 88.4 Å². The zero-order chi connectivity index (χ0) is 30.4. The molecule has 1 fully saturated rings. The number of aliphatic hydroxyl groups is 2. The third kappa shape index (κ3) is 14.0. The van der Waals surface area contributed by atoms with Crippen molar-refractivity contribution in [1.82, 2.24) is 19.5 Å². The number of phosphoric acid groups is 1. The summed E-state index contributed by atoms with van der Waals surface area (Å²) in [7, 11) is -5.25. The largest absolute Gasteiger partial charge is 1.00 e. The first kappa shape index (κ1) is 42.0. The van der Waals surface area contributed by atoms with Crippen LogP contribution in [0, 0.1) is 0 Å². The fourth-order valence-electron chi connectivity index (χ4n) is 5.29. The van der Waals surface area contributed by atoms with Crippen LogP contribution < -0.4 is 69.1 Å². The van der Waals surface area contributed by atoms with E-state index in [9.17, 15) is 29.7 Å². The number of aromatic nitrogens is 4. The van der Waals surface area contributed by atoms with Crippen molar-refractivity contribution in [3.05, 3.63) is 12.7 Å². The molecule has 3 rings (SSSR count). The third-order valence-corrected chi connectivity index (χ3v) is 8.10. The molecule has 0 aliphatic carbocycles. The molecule has 0 amide bonds. The van der Waals surface area contributed by atoms with E-state index in [4.69, 9.17) is 4.74 Å². The van der Waals surface area contributed by atoms with Crippen molar-refractivity contribution in [2.45, 2.75) is 134 Å². The Kier molecular flexibility index (Phi) is 21.5. The van der Waals surface area contributed by atoms with E-state index in [0.717, 1.165) is 19.3 Å². The summed E-state index contributed by atoms with van der Waals surface area (Å²) in [5.41, 5.74) is 0.313. The second-order valence-electron chi connectivity index (χ2n) is 11.0. The predicted octanol–water partition coefficient (Wildman–Crippen LogP) is -2.42. The van der Waals surface area contributed by atoms with Crippen LogP contribution in [0.25, 0.3) is 11.2 Å².